The van der Waals surface area contributed by atoms with E-state index in [0.717, 1.165) is 51.6 Å². The van der Waals surface area contributed by atoms with Crippen LogP contribution in [0.15, 0.2) is 48.5 Å². The van der Waals surface area contributed by atoms with Crippen LogP contribution in [0.5, 0.6) is 0 Å². The highest BCUT2D eigenvalue weighted by molar-refractivity contribution is 8.76. The van der Waals surface area contributed by atoms with Crippen molar-refractivity contribution in [1.82, 2.24) is 7.42 Å². The fourth-order valence-electron chi connectivity index (χ4n) is 3.04. The van der Waals surface area contributed by atoms with E-state index in [1.807, 2.05) is 76.2 Å². The molecule has 2 unspecified atom stereocenters. The monoisotopic (exact) mass is 486 g/mol. The predicted molar refractivity (Wildman–Crippen MR) is 125 cm³/mol. The van der Waals surface area contributed by atoms with Crippen molar-refractivity contribution in [2.24, 2.45) is 0 Å². The second-order valence-electron chi connectivity index (χ2n) is 7.27. The first-order valence-corrected chi connectivity index (χ1v) is 13.6. The van der Waals surface area contributed by atoms with E-state index in [4.69, 9.17) is 0 Å². The van der Waals surface area contributed by atoms with Crippen molar-refractivity contribution in [3.05, 3.63) is 70.8 Å². The van der Waals surface area contributed by atoms with Crippen LogP contribution in [0.25, 0.3) is 0 Å². The van der Waals surface area contributed by atoms with Gasteiger partial charge in [0.25, 0.3) is 0 Å². The molecule has 0 aromatic heterocycles. The molecule has 0 aliphatic rings. The van der Waals surface area contributed by atoms with E-state index in [9.17, 15) is 17.5 Å². The summed E-state index contributed by atoms with van der Waals surface area (Å²) in [5.74, 6) is 0.498. The molecule has 166 valence electrons. The van der Waals surface area contributed by atoms with E-state index < -0.39 is 22.5 Å². The molecule has 6 nitrogen and oxygen atoms in total. The molecule has 0 saturated carbocycles. The lowest BCUT2D eigenvalue weighted by Gasteiger charge is -2.28. The molecular formula is C20H26N2O4S4-2. The molecule has 0 spiro atoms. The van der Waals surface area contributed by atoms with Gasteiger partial charge in [-0.25, -0.2) is 0 Å². The smallest absolute Gasteiger partial charge is 0.0477 e. The first-order chi connectivity index (χ1) is 14.2. The van der Waals surface area contributed by atoms with Crippen molar-refractivity contribution in [2.45, 2.75) is 52.6 Å². The van der Waals surface area contributed by atoms with Crippen LogP contribution in [0.3, 0.4) is 0 Å². The summed E-state index contributed by atoms with van der Waals surface area (Å²) in [5.41, 5.74) is 3.91. The Morgan fingerprint density at radius 3 is 1.37 bits per heavy atom. The quantitative estimate of drug-likeness (QED) is 0.251. The summed E-state index contributed by atoms with van der Waals surface area (Å²) in [6, 6.07) is 15.3. The number of hydrogen-bond acceptors (Lipinski definition) is 6. The van der Waals surface area contributed by atoms with Gasteiger partial charge in [-0.15, -0.1) is 0 Å². The molecule has 0 N–H and O–H groups in total. The van der Waals surface area contributed by atoms with Gasteiger partial charge in [-0.1, -0.05) is 76.2 Å². The number of rotatable bonds is 11. The molecule has 10 heteroatoms. The van der Waals surface area contributed by atoms with Gasteiger partial charge < -0.3 is 9.11 Å². The normalized spacial score (nSPS) is 14.1. The van der Waals surface area contributed by atoms with Gasteiger partial charge in [0, 0.05) is 57.6 Å². The molecule has 2 rings (SSSR count). The van der Waals surface area contributed by atoms with Gasteiger partial charge in [0.1, 0.15) is 0 Å². The first kappa shape index (κ1) is 25.5. The molecule has 2 aromatic rings. The molecule has 0 aliphatic heterocycles. The minimum atomic E-state index is -2.52. The summed E-state index contributed by atoms with van der Waals surface area (Å²) >= 11 is -5.03. The molecule has 30 heavy (non-hydrogen) atoms. The standard InChI is InChI=1S/C20H28N2O4S4/c1-15(2)19-11-7-5-9-17(19)13-21(29(23)24)27-28-22(30(25)26)14-18-10-6-8-12-20(18)16(3)4/h5-12,15-16H,13-14H2,1-4H3,(H,23,24)(H,25,26)/p-2. The van der Waals surface area contributed by atoms with Crippen molar-refractivity contribution in [3.8, 4) is 0 Å². The summed E-state index contributed by atoms with van der Waals surface area (Å²) < 4.78 is 49.5. The molecule has 0 heterocycles. The van der Waals surface area contributed by atoms with Crippen LogP contribution in [0, 0.1) is 0 Å². The van der Waals surface area contributed by atoms with Crippen LogP contribution in [0.2, 0.25) is 0 Å². The van der Waals surface area contributed by atoms with E-state index >= 15 is 0 Å². The SMILES string of the molecule is CC(C)c1ccccc1CN(SSN(Cc1ccccc1C(C)C)S(=O)[O-])S(=O)[O-]. The van der Waals surface area contributed by atoms with Gasteiger partial charge in [-0.2, -0.15) is 7.42 Å². The fraction of sp³-hybridized carbons (Fsp3) is 0.400. The lowest BCUT2D eigenvalue weighted by Crippen LogP contribution is -2.22. The Morgan fingerprint density at radius 2 is 1.07 bits per heavy atom. The fourth-order valence-corrected chi connectivity index (χ4v) is 6.61. The van der Waals surface area contributed by atoms with Crippen molar-refractivity contribution in [3.63, 3.8) is 0 Å². The lowest BCUT2D eigenvalue weighted by molar-refractivity contribution is 0.483. The third kappa shape index (κ3) is 7.45. The second kappa shape index (κ2) is 12.4. The summed E-state index contributed by atoms with van der Waals surface area (Å²) in [7, 11) is 1.77. The Kier molecular flexibility index (Phi) is 10.5. The first-order valence-electron chi connectivity index (χ1n) is 9.44. The average molecular weight is 487 g/mol. The molecule has 0 bridgehead atoms. The van der Waals surface area contributed by atoms with Crippen LogP contribution < -0.4 is 0 Å². The number of benzene rings is 2. The third-order valence-corrected chi connectivity index (χ3v) is 9.09. The van der Waals surface area contributed by atoms with Gasteiger partial charge in [-0.3, -0.25) is 8.42 Å². The Morgan fingerprint density at radius 1 is 0.733 bits per heavy atom. The van der Waals surface area contributed by atoms with Crippen LogP contribution in [0.4, 0.5) is 0 Å². The summed E-state index contributed by atoms with van der Waals surface area (Å²) in [6.45, 7) is 8.51. The summed E-state index contributed by atoms with van der Waals surface area (Å²) in [5, 5.41) is 0. The van der Waals surface area contributed by atoms with Gasteiger partial charge >= 0.3 is 0 Å². The average Bonchev–Trinajstić information content (AvgIpc) is 2.69. The van der Waals surface area contributed by atoms with Gasteiger partial charge in [-0.05, 0) is 34.1 Å². The summed E-state index contributed by atoms with van der Waals surface area (Å²) in [4.78, 5) is 0. The molecule has 0 saturated heterocycles. The van der Waals surface area contributed by atoms with Crippen molar-refractivity contribution >= 4 is 44.5 Å². The molecule has 0 amide bonds. The van der Waals surface area contributed by atoms with Crippen LogP contribution in [-0.2, 0) is 35.6 Å². The van der Waals surface area contributed by atoms with Crippen molar-refractivity contribution < 1.29 is 17.5 Å². The minimum Gasteiger partial charge on any atom is -0.759 e. The molecular weight excluding hydrogens is 460 g/mol. The Bertz CT molecular complexity index is 808. The maximum Gasteiger partial charge on any atom is 0.0477 e. The maximum absolute atomic E-state index is 11.8. The Labute approximate surface area is 192 Å². The highest BCUT2D eigenvalue weighted by Crippen LogP contribution is 2.35. The topological polar surface area (TPSA) is 86.7 Å². The van der Waals surface area contributed by atoms with Gasteiger partial charge in [0.05, 0.1) is 0 Å². The number of nitrogens with zero attached hydrogens (tertiary/aromatic N) is 2. The Balaban J connectivity index is 2.14. The molecule has 0 radical (unpaired) electrons. The highest BCUT2D eigenvalue weighted by Gasteiger charge is 2.18. The highest BCUT2D eigenvalue weighted by atomic mass is 33.1. The predicted octanol–water partition coefficient (Wildman–Crippen LogP) is 5.04. The van der Waals surface area contributed by atoms with E-state index in [0.29, 0.717) is 0 Å². The lowest BCUT2D eigenvalue weighted by atomic mass is 9.97. The zero-order chi connectivity index (χ0) is 22.3. The second-order valence-corrected chi connectivity index (χ2v) is 11.6. The van der Waals surface area contributed by atoms with Gasteiger partial charge in [0.2, 0.25) is 0 Å². The van der Waals surface area contributed by atoms with Gasteiger partial charge in [0.15, 0.2) is 0 Å². The number of hydrogen-bond donors (Lipinski definition) is 0. The summed E-state index contributed by atoms with van der Waals surface area (Å²) in [6.07, 6.45) is 0. The Hall–Kier alpha value is -0.720. The van der Waals surface area contributed by atoms with E-state index in [1.54, 1.807) is 0 Å². The largest absolute Gasteiger partial charge is 0.759 e. The van der Waals surface area contributed by atoms with Crippen LogP contribution in [0.1, 0.15) is 61.8 Å². The zero-order valence-corrected chi connectivity index (χ0v) is 20.6. The minimum absolute atomic E-state index is 0.157. The van der Waals surface area contributed by atoms with E-state index in [2.05, 4.69) is 0 Å². The van der Waals surface area contributed by atoms with Crippen molar-refractivity contribution in [1.29, 1.82) is 0 Å². The molecule has 2 aromatic carbocycles. The van der Waals surface area contributed by atoms with Crippen molar-refractivity contribution in [2.75, 3.05) is 0 Å². The van der Waals surface area contributed by atoms with Crippen LogP contribution >= 0.6 is 22.0 Å². The van der Waals surface area contributed by atoms with Crippen LogP contribution in [-0.4, -0.2) is 24.9 Å². The van der Waals surface area contributed by atoms with E-state index in [-0.39, 0.29) is 24.9 Å². The molecule has 0 aliphatic carbocycles. The maximum atomic E-state index is 11.8. The molecule has 0 fully saturated rings. The molecule has 2 atom stereocenters. The van der Waals surface area contributed by atoms with E-state index in [1.165, 1.54) is 0 Å². The third-order valence-electron chi connectivity index (χ3n) is 4.49. The zero-order valence-electron chi connectivity index (χ0n) is 17.3.